The Kier molecular flexibility index (Phi) is 6.86. The maximum absolute atomic E-state index is 13.3. The van der Waals surface area contributed by atoms with E-state index in [9.17, 15) is 13.2 Å². The van der Waals surface area contributed by atoms with E-state index < -0.39 is 16.1 Å². The third kappa shape index (κ3) is 4.77. The number of anilines is 1. The van der Waals surface area contributed by atoms with Crippen molar-refractivity contribution in [3.8, 4) is 27.4 Å². The van der Waals surface area contributed by atoms with Crippen LogP contribution in [-0.2, 0) is 14.8 Å². The third-order valence-corrected chi connectivity index (χ3v) is 9.06. The van der Waals surface area contributed by atoms with Crippen LogP contribution in [-0.4, -0.2) is 43.3 Å². The molecule has 1 aliphatic rings. The minimum Gasteiger partial charge on any atom is -0.497 e. The molecule has 1 amide bonds. The van der Waals surface area contributed by atoms with Gasteiger partial charge in [-0.3, -0.25) is 4.79 Å². The maximum Gasteiger partial charge on any atom is 0.244 e. The van der Waals surface area contributed by atoms with E-state index in [1.165, 1.54) is 34.9 Å². The van der Waals surface area contributed by atoms with E-state index in [1.807, 2.05) is 60.7 Å². The lowest BCUT2D eigenvalue weighted by Crippen LogP contribution is -2.43. The highest BCUT2D eigenvalue weighted by Crippen LogP contribution is 2.39. The summed E-state index contributed by atoms with van der Waals surface area (Å²) in [6, 6.07) is 25.1. The second kappa shape index (κ2) is 10.2. The molecular weight excluding hydrogens is 494 g/mol. The molecule has 2 heterocycles. The summed E-state index contributed by atoms with van der Waals surface area (Å²) < 4.78 is 33.1. The van der Waals surface area contributed by atoms with Crippen LogP contribution in [0.15, 0.2) is 89.8 Å². The van der Waals surface area contributed by atoms with E-state index in [0.717, 1.165) is 21.7 Å². The highest BCUT2D eigenvalue weighted by atomic mass is 32.2. The fraction of sp³-hybridized carbons (Fsp3) is 0.185. The van der Waals surface area contributed by atoms with Crippen LogP contribution < -0.4 is 10.1 Å². The number of nitrogens with zero attached hydrogens (tertiary/aromatic N) is 2. The Morgan fingerprint density at radius 2 is 1.61 bits per heavy atom. The molecular formula is C27H25N3O4S2. The molecule has 1 fully saturated rings. The van der Waals surface area contributed by atoms with Gasteiger partial charge in [-0.1, -0.05) is 72.0 Å². The van der Waals surface area contributed by atoms with E-state index in [4.69, 9.17) is 9.72 Å². The summed E-state index contributed by atoms with van der Waals surface area (Å²) in [7, 11) is -2.32. The summed E-state index contributed by atoms with van der Waals surface area (Å²) in [6.45, 7) is 0.287. The van der Waals surface area contributed by atoms with Crippen molar-refractivity contribution in [1.82, 2.24) is 9.29 Å². The molecule has 1 N–H and O–H groups in total. The Labute approximate surface area is 214 Å². The summed E-state index contributed by atoms with van der Waals surface area (Å²) in [5.41, 5.74) is 2.72. The average molecular weight is 520 g/mol. The molecule has 0 bridgehead atoms. The molecule has 7 nitrogen and oxygen atoms in total. The first kappa shape index (κ1) is 24.2. The lowest BCUT2D eigenvalue weighted by Gasteiger charge is -2.23. The molecule has 3 aromatic carbocycles. The van der Waals surface area contributed by atoms with Crippen molar-refractivity contribution in [2.75, 3.05) is 19.0 Å². The fourth-order valence-electron chi connectivity index (χ4n) is 4.31. The number of ether oxygens (including phenoxy) is 1. The van der Waals surface area contributed by atoms with Gasteiger partial charge in [0.2, 0.25) is 15.9 Å². The Hall–Kier alpha value is -3.53. The number of methoxy groups -OCH3 is 1. The number of carbonyl (C=O) groups is 1. The number of amides is 1. The predicted octanol–water partition coefficient (Wildman–Crippen LogP) is 5.28. The van der Waals surface area contributed by atoms with E-state index >= 15 is 0 Å². The SMILES string of the molecule is COc1ccc(S(=O)(=O)N2CCCC2C(=O)Nc2nc(-c3ccccc3)c(-c3ccccc3)s2)cc1. The molecule has 36 heavy (non-hydrogen) atoms. The van der Waals surface area contributed by atoms with Crippen molar-refractivity contribution in [1.29, 1.82) is 0 Å². The minimum atomic E-state index is -3.84. The summed E-state index contributed by atoms with van der Waals surface area (Å²) in [5, 5.41) is 3.33. The highest BCUT2D eigenvalue weighted by molar-refractivity contribution is 7.89. The van der Waals surface area contributed by atoms with Gasteiger partial charge in [0.15, 0.2) is 5.13 Å². The second-order valence-electron chi connectivity index (χ2n) is 8.37. The first-order valence-electron chi connectivity index (χ1n) is 11.6. The van der Waals surface area contributed by atoms with E-state index in [0.29, 0.717) is 23.7 Å². The minimum absolute atomic E-state index is 0.134. The number of sulfonamides is 1. The van der Waals surface area contributed by atoms with Crippen LogP contribution in [0.25, 0.3) is 21.7 Å². The van der Waals surface area contributed by atoms with Crippen molar-refractivity contribution < 1.29 is 17.9 Å². The molecule has 1 saturated heterocycles. The number of hydrogen-bond acceptors (Lipinski definition) is 6. The Morgan fingerprint density at radius 1 is 0.972 bits per heavy atom. The van der Waals surface area contributed by atoms with Gasteiger partial charge in [0, 0.05) is 12.1 Å². The van der Waals surface area contributed by atoms with Gasteiger partial charge in [0.05, 0.1) is 22.6 Å². The standard InChI is InChI=1S/C27H25N3O4S2/c1-34-21-14-16-22(17-15-21)36(32,33)30-18-8-13-23(30)26(31)29-27-28-24(19-9-4-2-5-10-19)25(35-27)20-11-6-3-7-12-20/h2-7,9-12,14-17,23H,8,13,18H2,1H3,(H,28,29,31). The predicted molar refractivity (Wildman–Crippen MR) is 142 cm³/mol. The molecule has 0 aliphatic carbocycles. The van der Waals surface area contributed by atoms with Crippen molar-refractivity contribution in [2.24, 2.45) is 0 Å². The third-order valence-electron chi connectivity index (χ3n) is 6.11. The first-order valence-corrected chi connectivity index (χ1v) is 13.8. The number of aromatic nitrogens is 1. The largest absolute Gasteiger partial charge is 0.497 e. The van der Waals surface area contributed by atoms with Crippen molar-refractivity contribution in [2.45, 2.75) is 23.8 Å². The van der Waals surface area contributed by atoms with Crippen LogP contribution in [0.4, 0.5) is 5.13 Å². The molecule has 0 radical (unpaired) electrons. The molecule has 4 aromatic rings. The molecule has 0 saturated carbocycles. The van der Waals surface area contributed by atoms with Crippen LogP contribution >= 0.6 is 11.3 Å². The molecule has 5 rings (SSSR count). The first-order chi connectivity index (χ1) is 17.5. The van der Waals surface area contributed by atoms with Crippen LogP contribution in [0.3, 0.4) is 0 Å². The lowest BCUT2D eigenvalue weighted by molar-refractivity contribution is -0.119. The average Bonchev–Trinajstić information content (AvgIpc) is 3.58. The molecule has 184 valence electrons. The zero-order valence-corrected chi connectivity index (χ0v) is 21.3. The van der Waals surface area contributed by atoms with Crippen LogP contribution in [0.2, 0.25) is 0 Å². The quantitative estimate of drug-likeness (QED) is 0.359. The monoisotopic (exact) mass is 519 g/mol. The zero-order chi connectivity index (χ0) is 25.1. The number of carbonyl (C=O) groups excluding carboxylic acids is 1. The molecule has 1 unspecified atom stereocenters. The number of rotatable bonds is 7. The summed E-state index contributed by atoms with van der Waals surface area (Å²) >= 11 is 1.38. The van der Waals surface area contributed by atoms with E-state index in [2.05, 4.69) is 5.32 Å². The summed E-state index contributed by atoms with van der Waals surface area (Å²) in [5.74, 6) is 0.189. The van der Waals surface area contributed by atoms with Gasteiger partial charge in [0.1, 0.15) is 11.8 Å². The second-order valence-corrected chi connectivity index (χ2v) is 11.3. The number of benzene rings is 3. The van der Waals surface area contributed by atoms with Gasteiger partial charge in [0.25, 0.3) is 0 Å². The maximum atomic E-state index is 13.3. The van der Waals surface area contributed by atoms with Crippen molar-refractivity contribution >= 4 is 32.4 Å². The Morgan fingerprint density at radius 3 is 2.25 bits per heavy atom. The van der Waals surface area contributed by atoms with Crippen LogP contribution in [0, 0.1) is 0 Å². The summed E-state index contributed by atoms with van der Waals surface area (Å²) in [4.78, 5) is 19.1. The van der Waals surface area contributed by atoms with E-state index in [-0.39, 0.29) is 17.3 Å². The van der Waals surface area contributed by atoms with Crippen LogP contribution in [0.1, 0.15) is 12.8 Å². The smallest absolute Gasteiger partial charge is 0.244 e. The number of nitrogens with one attached hydrogen (secondary N) is 1. The van der Waals surface area contributed by atoms with Gasteiger partial charge >= 0.3 is 0 Å². The van der Waals surface area contributed by atoms with Gasteiger partial charge in [-0.15, -0.1) is 0 Å². The Balaban J connectivity index is 1.42. The molecule has 1 aliphatic heterocycles. The van der Waals surface area contributed by atoms with Gasteiger partial charge in [-0.25, -0.2) is 13.4 Å². The molecule has 1 atom stereocenters. The van der Waals surface area contributed by atoms with Gasteiger partial charge < -0.3 is 10.1 Å². The zero-order valence-electron chi connectivity index (χ0n) is 19.6. The van der Waals surface area contributed by atoms with Gasteiger partial charge in [-0.2, -0.15) is 4.31 Å². The molecule has 0 spiro atoms. The highest BCUT2D eigenvalue weighted by Gasteiger charge is 2.39. The topological polar surface area (TPSA) is 88.6 Å². The Bertz CT molecular complexity index is 1400. The molecule has 1 aromatic heterocycles. The normalized spacial score (nSPS) is 16.1. The number of hydrogen-bond donors (Lipinski definition) is 1. The van der Waals surface area contributed by atoms with Crippen molar-refractivity contribution in [3.05, 3.63) is 84.9 Å². The van der Waals surface area contributed by atoms with Crippen molar-refractivity contribution in [3.63, 3.8) is 0 Å². The lowest BCUT2D eigenvalue weighted by atomic mass is 10.1. The molecule has 9 heteroatoms. The van der Waals surface area contributed by atoms with E-state index in [1.54, 1.807) is 12.1 Å². The number of thiazole rings is 1. The van der Waals surface area contributed by atoms with Gasteiger partial charge in [-0.05, 0) is 42.7 Å². The van der Waals surface area contributed by atoms with Crippen LogP contribution in [0.5, 0.6) is 5.75 Å². The fourth-order valence-corrected chi connectivity index (χ4v) is 6.96. The summed E-state index contributed by atoms with van der Waals surface area (Å²) in [6.07, 6.45) is 1.06.